The standard InChI is InChI=1S/C18H24N4O2/c1-3-21(4-2)10-9-19-17(23)12-22-18-14(11-20-22)13-24-16-8-6-5-7-15(16)18/h5-8,11H,3-4,9-10,12-13H2,1-2H3,(H,19,23). The van der Waals surface area contributed by atoms with Crippen LogP contribution < -0.4 is 10.1 Å². The summed E-state index contributed by atoms with van der Waals surface area (Å²) >= 11 is 0. The zero-order valence-corrected chi connectivity index (χ0v) is 14.3. The molecule has 0 spiro atoms. The van der Waals surface area contributed by atoms with E-state index in [1.54, 1.807) is 10.9 Å². The molecule has 128 valence electrons. The molecule has 1 aliphatic heterocycles. The van der Waals surface area contributed by atoms with Crippen LogP contribution in [0.15, 0.2) is 30.5 Å². The molecule has 24 heavy (non-hydrogen) atoms. The number of carbonyl (C=O) groups excluding carboxylic acids is 1. The van der Waals surface area contributed by atoms with Crippen molar-refractivity contribution in [2.24, 2.45) is 0 Å². The SMILES string of the molecule is CCN(CC)CCNC(=O)Cn1ncc2c1-c1ccccc1OC2. The summed E-state index contributed by atoms with van der Waals surface area (Å²) in [6.07, 6.45) is 1.79. The van der Waals surface area contributed by atoms with Gasteiger partial charge in [-0.2, -0.15) is 5.10 Å². The van der Waals surface area contributed by atoms with Crippen LogP contribution in [-0.2, 0) is 17.9 Å². The van der Waals surface area contributed by atoms with Crippen molar-refractivity contribution in [3.05, 3.63) is 36.0 Å². The third-order valence-corrected chi connectivity index (χ3v) is 4.38. The van der Waals surface area contributed by atoms with E-state index in [-0.39, 0.29) is 12.5 Å². The molecule has 1 amide bonds. The molecule has 2 aromatic rings. The number of ether oxygens (including phenoxy) is 1. The molecular weight excluding hydrogens is 304 g/mol. The number of aromatic nitrogens is 2. The number of hydrogen-bond donors (Lipinski definition) is 1. The molecule has 0 saturated heterocycles. The molecule has 0 unspecified atom stereocenters. The number of likely N-dealkylation sites (N-methyl/N-ethyl adjacent to an activating group) is 1. The smallest absolute Gasteiger partial charge is 0.241 e. The van der Waals surface area contributed by atoms with Crippen molar-refractivity contribution >= 4 is 5.91 Å². The predicted molar refractivity (Wildman–Crippen MR) is 92.8 cm³/mol. The Morgan fingerprint density at radius 3 is 2.92 bits per heavy atom. The highest BCUT2D eigenvalue weighted by atomic mass is 16.5. The molecule has 1 N–H and O–H groups in total. The van der Waals surface area contributed by atoms with Gasteiger partial charge in [-0.3, -0.25) is 9.48 Å². The number of carbonyl (C=O) groups is 1. The van der Waals surface area contributed by atoms with Crippen molar-refractivity contribution < 1.29 is 9.53 Å². The highest BCUT2D eigenvalue weighted by molar-refractivity contribution is 5.78. The van der Waals surface area contributed by atoms with E-state index >= 15 is 0 Å². The number of para-hydroxylation sites is 1. The third-order valence-electron chi connectivity index (χ3n) is 4.38. The van der Waals surface area contributed by atoms with Crippen LogP contribution in [0.5, 0.6) is 5.75 Å². The average molecular weight is 328 g/mol. The molecule has 2 heterocycles. The van der Waals surface area contributed by atoms with E-state index in [2.05, 4.69) is 29.2 Å². The molecular formula is C18H24N4O2. The van der Waals surface area contributed by atoms with Gasteiger partial charge in [-0.05, 0) is 25.2 Å². The first-order chi connectivity index (χ1) is 11.7. The Bertz CT molecular complexity index is 707. The van der Waals surface area contributed by atoms with E-state index < -0.39 is 0 Å². The summed E-state index contributed by atoms with van der Waals surface area (Å²) in [5.41, 5.74) is 2.99. The van der Waals surface area contributed by atoms with Gasteiger partial charge >= 0.3 is 0 Å². The first kappa shape index (κ1) is 16.5. The van der Waals surface area contributed by atoms with Crippen LogP contribution in [0.2, 0.25) is 0 Å². The minimum atomic E-state index is -0.0166. The highest BCUT2D eigenvalue weighted by Gasteiger charge is 2.22. The molecule has 6 heteroatoms. The molecule has 1 aromatic heterocycles. The summed E-state index contributed by atoms with van der Waals surface area (Å²) in [7, 11) is 0. The normalized spacial score (nSPS) is 12.5. The van der Waals surface area contributed by atoms with Crippen LogP contribution >= 0.6 is 0 Å². The minimum absolute atomic E-state index is 0.0166. The van der Waals surface area contributed by atoms with Gasteiger partial charge in [-0.25, -0.2) is 0 Å². The van der Waals surface area contributed by atoms with Crippen LogP contribution in [0.3, 0.4) is 0 Å². The van der Waals surface area contributed by atoms with Crippen molar-refractivity contribution in [3.63, 3.8) is 0 Å². The molecule has 0 fully saturated rings. The number of nitrogens with zero attached hydrogens (tertiary/aromatic N) is 3. The minimum Gasteiger partial charge on any atom is -0.488 e. The van der Waals surface area contributed by atoms with Gasteiger partial charge in [0, 0.05) is 24.2 Å². The predicted octanol–water partition coefficient (Wildman–Crippen LogP) is 1.90. The molecule has 0 radical (unpaired) electrons. The maximum Gasteiger partial charge on any atom is 0.241 e. The number of hydrogen-bond acceptors (Lipinski definition) is 4. The van der Waals surface area contributed by atoms with Gasteiger partial charge in [0.05, 0.1) is 11.9 Å². The molecule has 0 aliphatic carbocycles. The zero-order chi connectivity index (χ0) is 16.9. The van der Waals surface area contributed by atoms with Crippen molar-refractivity contribution in [2.45, 2.75) is 27.0 Å². The molecule has 6 nitrogen and oxygen atoms in total. The number of rotatable bonds is 7. The quantitative estimate of drug-likeness (QED) is 0.843. The van der Waals surface area contributed by atoms with Crippen LogP contribution in [0.4, 0.5) is 0 Å². The second kappa shape index (κ2) is 7.49. The van der Waals surface area contributed by atoms with E-state index in [0.29, 0.717) is 13.2 Å². The monoisotopic (exact) mass is 328 g/mol. The van der Waals surface area contributed by atoms with Gasteiger partial charge in [-0.15, -0.1) is 0 Å². The lowest BCUT2D eigenvalue weighted by atomic mass is 10.0. The maximum absolute atomic E-state index is 12.2. The molecule has 1 aliphatic rings. The highest BCUT2D eigenvalue weighted by Crippen LogP contribution is 2.36. The number of benzene rings is 1. The van der Waals surface area contributed by atoms with Gasteiger partial charge in [-0.1, -0.05) is 26.0 Å². The molecule has 0 atom stereocenters. The van der Waals surface area contributed by atoms with Crippen LogP contribution in [0, 0.1) is 0 Å². The first-order valence-electron chi connectivity index (χ1n) is 8.48. The lowest BCUT2D eigenvalue weighted by molar-refractivity contribution is -0.121. The lowest BCUT2D eigenvalue weighted by Crippen LogP contribution is -2.36. The van der Waals surface area contributed by atoms with E-state index in [9.17, 15) is 4.79 Å². The van der Waals surface area contributed by atoms with Crippen molar-refractivity contribution in [1.82, 2.24) is 20.0 Å². The van der Waals surface area contributed by atoms with Crippen molar-refractivity contribution in [2.75, 3.05) is 26.2 Å². The fourth-order valence-corrected chi connectivity index (χ4v) is 2.99. The second-order valence-electron chi connectivity index (χ2n) is 5.84. The Hall–Kier alpha value is -2.34. The van der Waals surface area contributed by atoms with E-state index in [1.807, 2.05) is 24.3 Å². The van der Waals surface area contributed by atoms with Gasteiger partial charge in [0.2, 0.25) is 5.91 Å². The summed E-state index contributed by atoms with van der Waals surface area (Å²) in [6.45, 7) is 8.49. The summed E-state index contributed by atoms with van der Waals surface area (Å²) in [6, 6.07) is 7.87. The van der Waals surface area contributed by atoms with Gasteiger partial charge in [0.15, 0.2) is 0 Å². The van der Waals surface area contributed by atoms with Crippen LogP contribution in [-0.4, -0.2) is 46.8 Å². The zero-order valence-electron chi connectivity index (χ0n) is 14.3. The first-order valence-corrected chi connectivity index (χ1v) is 8.48. The maximum atomic E-state index is 12.2. The Morgan fingerprint density at radius 1 is 1.33 bits per heavy atom. The Kier molecular flexibility index (Phi) is 5.15. The second-order valence-corrected chi connectivity index (χ2v) is 5.84. The molecule has 1 aromatic carbocycles. The van der Waals surface area contributed by atoms with Crippen LogP contribution in [0.25, 0.3) is 11.3 Å². The van der Waals surface area contributed by atoms with E-state index in [4.69, 9.17) is 4.74 Å². The summed E-state index contributed by atoms with van der Waals surface area (Å²) in [5.74, 6) is 0.825. The van der Waals surface area contributed by atoms with Gasteiger partial charge in [0.1, 0.15) is 18.9 Å². The van der Waals surface area contributed by atoms with Crippen molar-refractivity contribution in [1.29, 1.82) is 0 Å². The summed E-state index contributed by atoms with van der Waals surface area (Å²) in [4.78, 5) is 14.5. The molecule has 0 bridgehead atoms. The van der Waals surface area contributed by atoms with Crippen LogP contribution in [0.1, 0.15) is 19.4 Å². The van der Waals surface area contributed by atoms with Gasteiger partial charge in [0.25, 0.3) is 0 Å². The Balaban J connectivity index is 1.65. The Labute approximate surface area is 142 Å². The summed E-state index contributed by atoms with van der Waals surface area (Å²) in [5, 5.41) is 7.36. The largest absolute Gasteiger partial charge is 0.488 e. The number of nitrogens with one attached hydrogen (secondary N) is 1. The fraction of sp³-hybridized carbons (Fsp3) is 0.444. The topological polar surface area (TPSA) is 59.4 Å². The van der Waals surface area contributed by atoms with Gasteiger partial charge < -0.3 is 15.0 Å². The lowest BCUT2D eigenvalue weighted by Gasteiger charge is -2.20. The average Bonchev–Trinajstić information content (AvgIpc) is 3.02. The summed E-state index contributed by atoms with van der Waals surface area (Å²) < 4.78 is 7.49. The third kappa shape index (κ3) is 3.43. The fourth-order valence-electron chi connectivity index (χ4n) is 2.99. The number of fused-ring (bicyclic) bond motifs is 3. The Morgan fingerprint density at radius 2 is 2.12 bits per heavy atom. The number of amides is 1. The van der Waals surface area contributed by atoms with Crippen molar-refractivity contribution in [3.8, 4) is 17.0 Å². The van der Waals surface area contributed by atoms with E-state index in [1.165, 1.54) is 0 Å². The van der Waals surface area contributed by atoms with E-state index in [0.717, 1.165) is 42.2 Å². The molecule has 3 rings (SSSR count). The molecule has 0 saturated carbocycles.